The second-order valence-electron chi connectivity index (χ2n) is 4.37. The summed E-state index contributed by atoms with van der Waals surface area (Å²) < 4.78 is 6.81. The fourth-order valence-corrected chi connectivity index (χ4v) is 2.18. The van der Waals surface area contributed by atoms with Crippen molar-refractivity contribution in [2.45, 2.75) is 6.92 Å². The molecule has 0 atom stereocenters. The number of rotatable bonds is 2. The van der Waals surface area contributed by atoms with Crippen molar-refractivity contribution in [2.24, 2.45) is 10.2 Å². The molecule has 2 aromatic rings. The highest BCUT2D eigenvalue weighted by atomic mass is 16.5. The molecule has 0 N–H and O–H groups in total. The highest BCUT2D eigenvalue weighted by molar-refractivity contribution is 6.00. The molecular formula is C14H12N4O2. The Hall–Kier alpha value is -2.76. The number of amides is 1. The van der Waals surface area contributed by atoms with Gasteiger partial charge in [-0.25, -0.2) is 4.68 Å². The molecule has 0 aliphatic carbocycles. The van der Waals surface area contributed by atoms with Crippen molar-refractivity contribution in [2.75, 3.05) is 7.11 Å². The first-order chi connectivity index (χ1) is 9.61. The zero-order valence-corrected chi connectivity index (χ0v) is 11.1. The van der Waals surface area contributed by atoms with Gasteiger partial charge in [-0.1, -0.05) is 6.58 Å². The van der Waals surface area contributed by atoms with E-state index in [1.165, 1.54) is 0 Å². The zero-order chi connectivity index (χ0) is 14.3. The normalized spacial score (nSPS) is 13.5. The van der Waals surface area contributed by atoms with Gasteiger partial charge in [0.1, 0.15) is 5.75 Å². The number of aromatic nitrogens is 2. The van der Waals surface area contributed by atoms with Crippen molar-refractivity contribution < 1.29 is 9.53 Å². The quantitative estimate of drug-likeness (QED) is 0.840. The molecular weight excluding hydrogens is 256 g/mol. The van der Waals surface area contributed by atoms with Crippen molar-refractivity contribution in [3.05, 3.63) is 47.8 Å². The van der Waals surface area contributed by atoms with Crippen LogP contribution in [0.4, 0.5) is 0 Å². The number of ether oxygens (including phenoxy) is 1. The molecule has 3 rings (SSSR count). The lowest BCUT2D eigenvalue weighted by Gasteiger charge is -2.06. The Kier molecular flexibility index (Phi) is 2.71. The van der Waals surface area contributed by atoms with Gasteiger partial charge in [0.15, 0.2) is 5.69 Å². The van der Waals surface area contributed by atoms with Gasteiger partial charge in [-0.15, -0.1) is 10.2 Å². The Labute approximate surface area is 115 Å². The van der Waals surface area contributed by atoms with E-state index in [2.05, 4.69) is 21.9 Å². The first kappa shape index (κ1) is 12.3. The van der Waals surface area contributed by atoms with E-state index in [1.54, 1.807) is 11.8 Å². The predicted molar refractivity (Wildman–Crippen MR) is 73.1 cm³/mol. The number of methoxy groups -OCH3 is 1. The van der Waals surface area contributed by atoms with Gasteiger partial charge in [-0.3, -0.25) is 4.79 Å². The lowest BCUT2D eigenvalue weighted by atomic mass is 10.1. The van der Waals surface area contributed by atoms with E-state index in [0.29, 0.717) is 17.0 Å². The summed E-state index contributed by atoms with van der Waals surface area (Å²) in [6.45, 7) is 5.67. The van der Waals surface area contributed by atoms with Gasteiger partial charge in [-0.05, 0) is 31.2 Å². The fourth-order valence-electron chi connectivity index (χ4n) is 2.18. The summed E-state index contributed by atoms with van der Waals surface area (Å²) in [6, 6.07) is 7.40. The minimum absolute atomic E-state index is 0.290. The first-order valence-corrected chi connectivity index (χ1v) is 6.01. The molecule has 1 aromatic carbocycles. The Morgan fingerprint density at radius 2 is 1.90 bits per heavy atom. The van der Waals surface area contributed by atoms with Crippen LogP contribution < -0.4 is 4.74 Å². The number of azo groups is 1. The summed E-state index contributed by atoms with van der Waals surface area (Å²) in [4.78, 5) is 11.7. The lowest BCUT2D eigenvalue weighted by Crippen LogP contribution is -2.03. The molecule has 6 nitrogen and oxygen atoms in total. The average Bonchev–Trinajstić information content (AvgIpc) is 2.82. The van der Waals surface area contributed by atoms with Crippen LogP contribution in [0.25, 0.3) is 11.4 Å². The molecule has 0 saturated carbocycles. The lowest BCUT2D eigenvalue weighted by molar-refractivity contribution is 0.0987. The van der Waals surface area contributed by atoms with E-state index in [0.717, 1.165) is 17.1 Å². The number of nitrogens with zero attached hydrogens (tertiary/aromatic N) is 4. The molecule has 0 spiro atoms. The van der Waals surface area contributed by atoms with Gasteiger partial charge in [0.2, 0.25) is 0 Å². The molecule has 0 bridgehead atoms. The van der Waals surface area contributed by atoms with E-state index in [4.69, 9.17) is 4.74 Å². The third-order valence-corrected chi connectivity index (χ3v) is 3.19. The van der Waals surface area contributed by atoms with Gasteiger partial charge < -0.3 is 4.74 Å². The van der Waals surface area contributed by atoms with Gasteiger partial charge in [-0.2, -0.15) is 5.10 Å². The number of fused-ring (bicyclic) bond motifs is 1. The maximum atomic E-state index is 11.7. The molecule has 1 aliphatic rings. The molecule has 0 unspecified atom stereocenters. The van der Waals surface area contributed by atoms with E-state index in [9.17, 15) is 4.79 Å². The van der Waals surface area contributed by atoms with Crippen LogP contribution in [-0.4, -0.2) is 22.8 Å². The minimum atomic E-state index is -0.442. The van der Waals surface area contributed by atoms with Crippen LogP contribution in [0, 0.1) is 6.92 Å². The van der Waals surface area contributed by atoms with Crippen LogP contribution in [0.5, 0.6) is 5.75 Å². The van der Waals surface area contributed by atoms with E-state index in [-0.39, 0.29) is 0 Å². The molecule has 0 radical (unpaired) electrons. The number of benzene rings is 1. The van der Waals surface area contributed by atoms with Crippen molar-refractivity contribution in [3.63, 3.8) is 0 Å². The second-order valence-corrected chi connectivity index (χ2v) is 4.37. The Bertz CT molecular complexity index is 741. The number of hydrogen-bond acceptors (Lipinski definition) is 4. The molecule has 100 valence electrons. The van der Waals surface area contributed by atoms with Crippen LogP contribution in [0.1, 0.15) is 21.7 Å². The van der Waals surface area contributed by atoms with Crippen LogP contribution in [-0.2, 0) is 0 Å². The SMILES string of the molecule is C=C1N=NC(=O)c2nn(-c3ccc(OC)cc3)c(C)c21. The molecule has 2 heterocycles. The van der Waals surface area contributed by atoms with Crippen LogP contribution in [0.3, 0.4) is 0 Å². The number of carbonyl (C=O) groups excluding carboxylic acids is 1. The zero-order valence-electron chi connectivity index (χ0n) is 11.1. The van der Waals surface area contributed by atoms with Crippen LogP contribution >= 0.6 is 0 Å². The standard InChI is InChI=1S/C14H12N4O2/c1-8-12-9(2)18(17-13(12)14(19)16-15-8)10-4-6-11(20-3)7-5-10/h4-7H,1H2,2-3H3. The van der Waals surface area contributed by atoms with E-state index >= 15 is 0 Å². The molecule has 6 heteroatoms. The average molecular weight is 268 g/mol. The van der Waals surface area contributed by atoms with Gasteiger partial charge in [0, 0.05) is 0 Å². The summed E-state index contributed by atoms with van der Waals surface area (Å²) in [5, 5.41) is 11.6. The fraction of sp³-hybridized carbons (Fsp3) is 0.143. The highest BCUT2D eigenvalue weighted by Gasteiger charge is 2.26. The summed E-state index contributed by atoms with van der Waals surface area (Å²) in [6.07, 6.45) is 0. The second kappa shape index (κ2) is 4.41. The molecule has 0 saturated heterocycles. The van der Waals surface area contributed by atoms with E-state index < -0.39 is 5.91 Å². The smallest absolute Gasteiger partial charge is 0.316 e. The summed E-state index contributed by atoms with van der Waals surface area (Å²) in [5.41, 5.74) is 3.04. The maximum Gasteiger partial charge on any atom is 0.316 e. The highest BCUT2D eigenvalue weighted by Crippen LogP contribution is 2.29. The van der Waals surface area contributed by atoms with Crippen LogP contribution in [0.2, 0.25) is 0 Å². The number of carbonyl (C=O) groups is 1. The number of hydrogen-bond donors (Lipinski definition) is 0. The summed E-state index contributed by atoms with van der Waals surface area (Å²) in [7, 11) is 1.61. The predicted octanol–water partition coefficient (Wildman–Crippen LogP) is 2.77. The summed E-state index contributed by atoms with van der Waals surface area (Å²) in [5.74, 6) is 0.316. The molecule has 20 heavy (non-hydrogen) atoms. The molecule has 1 aromatic heterocycles. The first-order valence-electron chi connectivity index (χ1n) is 6.01. The van der Waals surface area contributed by atoms with Crippen molar-refractivity contribution in [1.82, 2.24) is 9.78 Å². The van der Waals surface area contributed by atoms with Crippen molar-refractivity contribution >= 4 is 11.6 Å². The topological polar surface area (TPSA) is 68.8 Å². The third-order valence-electron chi connectivity index (χ3n) is 3.19. The molecule has 0 fully saturated rings. The maximum absolute atomic E-state index is 11.7. The van der Waals surface area contributed by atoms with Crippen molar-refractivity contribution in [1.29, 1.82) is 0 Å². The van der Waals surface area contributed by atoms with E-state index in [1.807, 2.05) is 31.2 Å². The minimum Gasteiger partial charge on any atom is -0.497 e. The van der Waals surface area contributed by atoms with Gasteiger partial charge in [0.05, 0.1) is 29.8 Å². The van der Waals surface area contributed by atoms with Crippen molar-refractivity contribution in [3.8, 4) is 11.4 Å². The largest absolute Gasteiger partial charge is 0.497 e. The van der Waals surface area contributed by atoms with Crippen LogP contribution in [0.15, 0.2) is 41.1 Å². The summed E-state index contributed by atoms with van der Waals surface area (Å²) >= 11 is 0. The third kappa shape index (κ3) is 1.73. The molecule has 1 amide bonds. The Morgan fingerprint density at radius 1 is 1.20 bits per heavy atom. The van der Waals surface area contributed by atoms with Gasteiger partial charge >= 0.3 is 5.91 Å². The molecule has 1 aliphatic heterocycles. The monoisotopic (exact) mass is 268 g/mol. The Balaban J connectivity index is 2.14. The Morgan fingerprint density at radius 3 is 2.50 bits per heavy atom. The van der Waals surface area contributed by atoms with Gasteiger partial charge in [0.25, 0.3) is 0 Å².